The molecule has 3 rings (SSSR count). The molecule has 4 nitrogen and oxygen atoms in total. The van der Waals surface area contributed by atoms with Crippen LogP contribution in [0.4, 0.5) is 5.00 Å². The topological polar surface area (TPSA) is 39.7 Å². The highest BCUT2D eigenvalue weighted by atomic mass is 32.1. The van der Waals surface area contributed by atoms with E-state index in [1.54, 1.807) is 0 Å². The second-order valence-corrected chi connectivity index (χ2v) is 8.03. The van der Waals surface area contributed by atoms with Gasteiger partial charge in [0, 0.05) is 32.7 Å². The molecule has 0 unspecified atom stereocenters. The number of thiophene rings is 1. The van der Waals surface area contributed by atoms with Gasteiger partial charge in [0.15, 0.2) is 5.96 Å². The van der Waals surface area contributed by atoms with Crippen molar-refractivity contribution < 1.29 is 0 Å². The molecule has 1 aromatic carbocycles. The standard InChI is InChI=1S/C21H30N4S/c1-16-13-17(2)15-18(14-16)6-9-23-21(22-3)24-19-7-10-25(11-8-19)20-5-4-12-26-20/h4-5,12-15,19H,6-11H2,1-3H3,(H2,22,23,24). The van der Waals surface area contributed by atoms with E-state index >= 15 is 0 Å². The first kappa shape index (κ1) is 18.8. The summed E-state index contributed by atoms with van der Waals surface area (Å²) in [6.07, 6.45) is 3.31. The summed E-state index contributed by atoms with van der Waals surface area (Å²) in [6.45, 7) is 7.44. The second-order valence-electron chi connectivity index (χ2n) is 7.10. The number of aryl methyl sites for hydroxylation is 2. The van der Waals surface area contributed by atoms with Crippen molar-refractivity contribution in [1.82, 2.24) is 10.6 Å². The number of nitrogens with zero attached hydrogens (tertiary/aromatic N) is 2. The Kier molecular flexibility index (Phi) is 6.56. The van der Waals surface area contributed by atoms with Gasteiger partial charge in [-0.3, -0.25) is 4.99 Å². The average molecular weight is 371 g/mol. The normalized spacial score (nSPS) is 16.0. The highest BCUT2D eigenvalue weighted by Crippen LogP contribution is 2.24. The van der Waals surface area contributed by atoms with Gasteiger partial charge in [0.1, 0.15) is 0 Å². The Bertz CT molecular complexity index is 695. The minimum absolute atomic E-state index is 0.499. The lowest BCUT2D eigenvalue weighted by atomic mass is 10.0. The predicted octanol–water partition coefficient (Wildman–Crippen LogP) is 3.74. The Hall–Kier alpha value is -2.01. The molecule has 1 aliphatic rings. The summed E-state index contributed by atoms with van der Waals surface area (Å²) in [5.74, 6) is 0.920. The summed E-state index contributed by atoms with van der Waals surface area (Å²) in [4.78, 5) is 6.89. The second kappa shape index (κ2) is 9.08. The molecular formula is C21H30N4S. The van der Waals surface area contributed by atoms with Gasteiger partial charge in [-0.05, 0) is 56.2 Å². The minimum atomic E-state index is 0.499. The Morgan fingerprint density at radius 2 is 1.92 bits per heavy atom. The number of benzene rings is 1. The fourth-order valence-electron chi connectivity index (χ4n) is 3.62. The molecular weight excluding hydrogens is 340 g/mol. The lowest BCUT2D eigenvalue weighted by molar-refractivity contribution is 0.463. The van der Waals surface area contributed by atoms with E-state index in [9.17, 15) is 0 Å². The van der Waals surface area contributed by atoms with Crippen LogP contribution in [0.25, 0.3) is 0 Å². The number of nitrogens with one attached hydrogen (secondary N) is 2. The van der Waals surface area contributed by atoms with Gasteiger partial charge in [0.25, 0.3) is 0 Å². The minimum Gasteiger partial charge on any atom is -0.363 e. The molecule has 5 heteroatoms. The van der Waals surface area contributed by atoms with E-state index in [4.69, 9.17) is 0 Å². The number of aliphatic imine (C=N–C) groups is 1. The first-order chi connectivity index (χ1) is 12.6. The van der Waals surface area contributed by atoms with Crippen molar-refractivity contribution in [2.24, 2.45) is 4.99 Å². The molecule has 2 N–H and O–H groups in total. The molecule has 1 aliphatic heterocycles. The molecule has 140 valence electrons. The molecule has 1 saturated heterocycles. The lowest BCUT2D eigenvalue weighted by Gasteiger charge is -2.33. The van der Waals surface area contributed by atoms with Crippen LogP contribution < -0.4 is 15.5 Å². The van der Waals surface area contributed by atoms with Crippen LogP contribution in [-0.2, 0) is 6.42 Å². The first-order valence-corrected chi connectivity index (χ1v) is 10.3. The largest absolute Gasteiger partial charge is 0.363 e. The van der Waals surface area contributed by atoms with E-state index in [0.717, 1.165) is 44.9 Å². The third kappa shape index (κ3) is 5.24. The van der Waals surface area contributed by atoms with Gasteiger partial charge >= 0.3 is 0 Å². The maximum absolute atomic E-state index is 4.40. The van der Waals surface area contributed by atoms with Gasteiger partial charge in [-0.25, -0.2) is 0 Å². The van der Waals surface area contributed by atoms with Crippen molar-refractivity contribution in [3.63, 3.8) is 0 Å². The maximum Gasteiger partial charge on any atom is 0.191 e. The van der Waals surface area contributed by atoms with Crippen molar-refractivity contribution >= 4 is 22.3 Å². The van der Waals surface area contributed by atoms with E-state index in [2.05, 4.69) is 70.1 Å². The van der Waals surface area contributed by atoms with Gasteiger partial charge in [0.2, 0.25) is 0 Å². The SMILES string of the molecule is CN=C(NCCc1cc(C)cc(C)c1)NC1CCN(c2cccs2)CC1. The zero-order chi connectivity index (χ0) is 18.4. The van der Waals surface area contributed by atoms with Gasteiger partial charge < -0.3 is 15.5 Å². The molecule has 2 aromatic rings. The summed E-state index contributed by atoms with van der Waals surface area (Å²) < 4.78 is 0. The lowest BCUT2D eigenvalue weighted by Crippen LogP contribution is -2.49. The number of anilines is 1. The quantitative estimate of drug-likeness (QED) is 0.622. The number of hydrogen-bond donors (Lipinski definition) is 2. The molecule has 0 radical (unpaired) electrons. The van der Waals surface area contributed by atoms with Gasteiger partial charge in [-0.15, -0.1) is 11.3 Å². The zero-order valence-electron chi connectivity index (χ0n) is 16.1. The Morgan fingerprint density at radius 3 is 2.54 bits per heavy atom. The van der Waals surface area contributed by atoms with E-state index in [-0.39, 0.29) is 0 Å². The van der Waals surface area contributed by atoms with Crippen LogP contribution in [0, 0.1) is 13.8 Å². The van der Waals surface area contributed by atoms with Crippen molar-refractivity contribution in [3.05, 3.63) is 52.4 Å². The molecule has 0 amide bonds. The van der Waals surface area contributed by atoms with Crippen LogP contribution in [0.2, 0.25) is 0 Å². The summed E-state index contributed by atoms with van der Waals surface area (Å²) in [6, 6.07) is 11.6. The fraction of sp³-hybridized carbons (Fsp3) is 0.476. The monoisotopic (exact) mass is 370 g/mol. The molecule has 26 heavy (non-hydrogen) atoms. The maximum atomic E-state index is 4.40. The first-order valence-electron chi connectivity index (χ1n) is 9.47. The third-order valence-corrected chi connectivity index (χ3v) is 5.79. The van der Waals surface area contributed by atoms with Crippen LogP contribution in [0.5, 0.6) is 0 Å². The molecule has 1 fully saturated rings. The molecule has 0 aliphatic carbocycles. The van der Waals surface area contributed by atoms with E-state index in [0.29, 0.717) is 6.04 Å². The molecule has 1 aromatic heterocycles. The van der Waals surface area contributed by atoms with Crippen LogP contribution in [-0.4, -0.2) is 38.7 Å². The van der Waals surface area contributed by atoms with E-state index in [1.807, 2.05) is 18.4 Å². The Balaban J connectivity index is 1.42. The number of piperidine rings is 1. The molecule has 0 saturated carbocycles. The summed E-state index contributed by atoms with van der Waals surface area (Å²) >= 11 is 1.83. The summed E-state index contributed by atoms with van der Waals surface area (Å²) in [5, 5.41) is 10.6. The van der Waals surface area contributed by atoms with Gasteiger partial charge in [-0.2, -0.15) is 0 Å². The van der Waals surface area contributed by atoms with Crippen molar-refractivity contribution in [3.8, 4) is 0 Å². The van der Waals surface area contributed by atoms with Crippen LogP contribution in [0.15, 0.2) is 40.7 Å². The van der Waals surface area contributed by atoms with Crippen molar-refractivity contribution in [2.75, 3.05) is 31.6 Å². The Morgan fingerprint density at radius 1 is 1.19 bits per heavy atom. The van der Waals surface area contributed by atoms with E-state index < -0.39 is 0 Å². The van der Waals surface area contributed by atoms with Crippen LogP contribution in [0.3, 0.4) is 0 Å². The van der Waals surface area contributed by atoms with Crippen LogP contribution in [0.1, 0.15) is 29.5 Å². The van der Waals surface area contributed by atoms with Gasteiger partial charge in [-0.1, -0.05) is 29.3 Å². The fourth-order valence-corrected chi connectivity index (χ4v) is 4.41. The highest BCUT2D eigenvalue weighted by Gasteiger charge is 2.20. The third-order valence-electron chi connectivity index (χ3n) is 4.86. The highest BCUT2D eigenvalue weighted by molar-refractivity contribution is 7.14. The van der Waals surface area contributed by atoms with E-state index in [1.165, 1.54) is 21.7 Å². The molecule has 0 bridgehead atoms. The van der Waals surface area contributed by atoms with Crippen molar-refractivity contribution in [1.29, 1.82) is 0 Å². The zero-order valence-corrected chi connectivity index (χ0v) is 16.9. The average Bonchev–Trinajstić information content (AvgIpc) is 3.15. The number of guanidine groups is 1. The van der Waals surface area contributed by atoms with Crippen molar-refractivity contribution in [2.45, 2.75) is 39.2 Å². The number of rotatable bonds is 5. The number of hydrogen-bond acceptors (Lipinski definition) is 3. The summed E-state index contributed by atoms with van der Waals surface area (Å²) in [7, 11) is 1.85. The van der Waals surface area contributed by atoms with Crippen LogP contribution >= 0.6 is 11.3 Å². The summed E-state index contributed by atoms with van der Waals surface area (Å²) in [5.41, 5.74) is 4.05. The predicted molar refractivity (Wildman–Crippen MR) is 114 cm³/mol. The smallest absolute Gasteiger partial charge is 0.191 e. The van der Waals surface area contributed by atoms with Gasteiger partial charge in [0.05, 0.1) is 5.00 Å². The molecule has 0 atom stereocenters. The Labute approximate surface area is 161 Å². The molecule has 0 spiro atoms. The molecule has 2 heterocycles.